The van der Waals surface area contributed by atoms with E-state index in [2.05, 4.69) is 85.0 Å². The third-order valence-corrected chi connectivity index (χ3v) is 5.02. The number of aromatic nitrogens is 1. The molecule has 1 aromatic heterocycles. The second-order valence-electron chi connectivity index (χ2n) is 6.97. The van der Waals surface area contributed by atoms with Crippen LogP contribution < -0.4 is 0 Å². The number of fused-ring (bicyclic) bond motifs is 3. The zero-order valence-electron chi connectivity index (χ0n) is 14.7. The summed E-state index contributed by atoms with van der Waals surface area (Å²) >= 11 is 0. The number of allylic oxidation sites excluding steroid dienone is 1. The molecule has 0 saturated heterocycles. The average molecular weight is 316 g/mol. The largest absolute Gasteiger partial charge is 0.317 e. The van der Waals surface area contributed by atoms with Crippen molar-refractivity contribution in [1.82, 2.24) is 9.47 Å². The van der Waals surface area contributed by atoms with E-state index in [1.54, 1.807) is 0 Å². The molecule has 0 spiro atoms. The number of aryl methyl sites for hydroxylation is 1. The first-order valence-electron chi connectivity index (χ1n) is 8.68. The third-order valence-electron chi connectivity index (χ3n) is 5.02. The quantitative estimate of drug-likeness (QED) is 0.649. The summed E-state index contributed by atoms with van der Waals surface area (Å²) in [7, 11) is 2.22. The summed E-state index contributed by atoms with van der Waals surface area (Å²) in [5, 5.41) is 1.41. The molecular formula is C22H24N2. The van der Waals surface area contributed by atoms with Gasteiger partial charge in [-0.3, -0.25) is 0 Å². The Morgan fingerprint density at radius 3 is 2.67 bits per heavy atom. The fraction of sp³-hybridized carbons (Fsp3) is 0.273. The summed E-state index contributed by atoms with van der Waals surface area (Å²) in [5.74, 6) is 0. The van der Waals surface area contributed by atoms with Crippen molar-refractivity contribution in [2.45, 2.75) is 26.8 Å². The molecule has 0 radical (unpaired) electrons. The van der Waals surface area contributed by atoms with Crippen molar-refractivity contribution in [3.63, 3.8) is 0 Å². The van der Waals surface area contributed by atoms with Crippen LogP contribution in [0.15, 0.2) is 48.5 Å². The van der Waals surface area contributed by atoms with Gasteiger partial charge >= 0.3 is 0 Å². The predicted octanol–water partition coefficient (Wildman–Crippen LogP) is 4.96. The van der Waals surface area contributed by atoms with Gasteiger partial charge in [-0.2, -0.15) is 0 Å². The molecule has 122 valence electrons. The van der Waals surface area contributed by atoms with Gasteiger partial charge in [0.2, 0.25) is 0 Å². The molecule has 2 nitrogen and oxygen atoms in total. The lowest BCUT2D eigenvalue weighted by atomic mass is 10.0. The Hall–Kier alpha value is -2.32. The van der Waals surface area contributed by atoms with Crippen LogP contribution in [-0.4, -0.2) is 23.1 Å². The highest BCUT2D eigenvalue weighted by Gasteiger charge is 2.22. The van der Waals surface area contributed by atoms with Crippen LogP contribution in [0.2, 0.25) is 0 Å². The molecule has 2 aromatic carbocycles. The second kappa shape index (κ2) is 5.95. The van der Waals surface area contributed by atoms with Crippen LogP contribution >= 0.6 is 0 Å². The smallest absolute Gasteiger partial charge is 0.0531 e. The van der Waals surface area contributed by atoms with Crippen molar-refractivity contribution < 1.29 is 0 Å². The van der Waals surface area contributed by atoms with Gasteiger partial charge in [-0.15, -0.1) is 0 Å². The molecular weight excluding hydrogens is 292 g/mol. The normalized spacial score (nSPS) is 15.7. The Morgan fingerprint density at radius 2 is 1.88 bits per heavy atom. The fourth-order valence-electron chi connectivity index (χ4n) is 3.87. The van der Waals surface area contributed by atoms with Crippen LogP contribution in [0, 0.1) is 6.92 Å². The summed E-state index contributed by atoms with van der Waals surface area (Å²) in [6.45, 7) is 6.58. The molecule has 4 rings (SSSR count). The standard InChI is InChI=1S/C22H24N2/c1-16-9-10-21-19(13-16)20-15-23(3)12-11-22(20)24(21)17(2)14-18-7-5-4-6-8-18/h4-10,13-14H,11-12,15H2,1-3H3. The van der Waals surface area contributed by atoms with Crippen molar-refractivity contribution in [2.24, 2.45) is 0 Å². The van der Waals surface area contributed by atoms with E-state index in [0.717, 1.165) is 19.5 Å². The maximum atomic E-state index is 2.48. The van der Waals surface area contributed by atoms with E-state index < -0.39 is 0 Å². The van der Waals surface area contributed by atoms with Crippen molar-refractivity contribution in [1.29, 1.82) is 0 Å². The highest BCUT2D eigenvalue weighted by Crippen LogP contribution is 2.34. The van der Waals surface area contributed by atoms with Gasteiger partial charge in [0.05, 0.1) is 5.52 Å². The lowest BCUT2D eigenvalue weighted by molar-refractivity contribution is 0.311. The molecule has 0 saturated carbocycles. The van der Waals surface area contributed by atoms with Crippen molar-refractivity contribution >= 4 is 22.7 Å². The van der Waals surface area contributed by atoms with Crippen LogP contribution in [-0.2, 0) is 13.0 Å². The van der Waals surface area contributed by atoms with Gasteiger partial charge in [0.1, 0.15) is 0 Å². The minimum atomic E-state index is 1.04. The molecule has 0 aliphatic carbocycles. The van der Waals surface area contributed by atoms with Crippen LogP contribution in [0.5, 0.6) is 0 Å². The maximum Gasteiger partial charge on any atom is 0.0531 e. The van der Waals surface area contributed by atoms with Crippen LogP contribution in [0.25, 0.3) is 22.7 Å². The third kappa shape index (κ3) is 2.57. The summed E-state index contributed by atoms with van der Waals surface area (Å²) < 4.78 is 2.48. The number of hydrogen-bond acceptors (Lipinski definition) is 1. The number of benzene rings is 2. The maximum absolute atomic E-state index is 2.48. The van der Waals surface area contributed by atoms with E-state index in [1.165, 1.54) is 39.0 Å². The van der Waals surface area contributed by atoms with Gasteiger partial charge < -0.3 is 9.47 Å². The molecule has 1 aliphatic rings. The summed E-state index contributed by atoms with van der Waals surface area (Å²) in [4.78, 5) is 2.42. The van der Waals surface area contributed by atoms with E-state index in [9.17, 15) is 0 Å². The summed E-state index contributed by atoms with van der Waals surface area (Å²) in [6, 6.07) is 17.5. The number of likely N-dealkylation sites (N-methyl/N-ethyl adjacent to an activating group) is 1. The van der Waals surface area contributed by atoms with Gasteiger partial charge in [0.15, 0.2) is 0 Å². The lowest BCUT2D eigenvalue weighted by Crippen LogP contribution is -2.27. The number of rotatable bonds is 2. The fourth-order valence-corrected chi connectivity index (χ4v) is 3.87. The lowest BCUT2D eigenvalue weighted by Gasteiger charge is -2.24. The molecule has 0 atom stereocenters. The molecule has 0 N–H and O–H groups in total. The van der Waals surface area contributed by atoms with Crippen molar-refractivity contribution in [3.8, 4) is 0 Å². The first-order valence-corrected chi connectivity index (χ1v) is 8.68. The van der Waals surface area contributed by atoms with Gasteiger partial charge in [0, 0.05) is 36.3 Å². The van der Waals surface area contributed by atoms with Gasteiger partial charge in [-0.1, -0.05) is 42.0 Å². The van der Waals surface area contributed by atoms with Crippen LogP contribution in [0.1, 0.15) is 29.3 Å². The van der Waals surface area contributed by atoms with E-state index in [4.69, 9.17) is 0 Å². The zero-order valence-corrected chi connectivity index (χ0v) is 14.7. The summed E-state index contributed by atoms with van der Waals surface area (Å²) in [5.41, 5.74) is 8.21. The molecule has 2 heteroatoms. The Balaban J connectivity index is 1.94. The Kier molecular flexibility index (Phi) is 3.78. The topological polar surface area (TPSA) is 8.17 Å². The second-order valence-corrected chi connectivity index (χ2v) is 6.97. The molecule has 24 heavy (non-hydrogen) atoms. The molecule has 0 bridgehead atoms. The van der Waals surface area contributed by atoms with E-state index in [-0.39, 0.29) is 0 Å². The summed E-state index contributed by atoms with van der Waals surface area (Å²) in [6.07, 6.45) is 3.40. The van der Waals surface area contributed by atoms with Crippen LogP contribution in [0.4, 0.5) is 0 Å². The van der Waals surface area contributed by atoms with Gasteiger partial charge in [-0.05, 0) is 50.2 Å². The highest BCUT2D eigenvalue weighted by molar-refractivity contribution is 5.91. The predicted molar refractivity (Wildman–Crippen MR) is 103 cm³/mol. The minimum Gasteiger partial charge on any atom is -0.317 e. The Labute approximate surface area is 144 Å². The number of nitrogens with zero attached hydrogens (tertiary/aromatic N) is 2. The van der Waals surface area contributed by atoms with E-state index in [0.29, 0.717) is 0 Å². The highest BCUT2D eigenvalue weighted by atomic mass is 15.1. The van der Waals surface area contributed by atoms with Gasteiger partial charge in [0.25, 0.3) is 0 Å². The monoisotopic (exact) mass is 316 g/mol. The first-order chi connectivity index (χ1) is 11.6. The molecule has 1 aliphatic heterocycles. The molecule has 0 fully saturated rings. The van der Waals surface area contributed by atoms with Crippen molar-refractivity contribution in [2.75, 3.05) is 13.6 Å². The SMILES string of the molecule is CC(=Cc1ccccc1)n1c2c(c3cc(C)ccc31)CN(C)CC2. The van der Waals surface area contributed by atoms with Crippen molar-refractivity contribution in [3.05, 3.63) is 70.9 Å². The van der Waals surface area contributed by atoms with E-state index >= 15 is 0 Å². The zero-order chi connectivity index (χ0) is 16.7. The van der Waals surface area contributed by atoms with Crippen LogP contribution in [0.3, 0.4) is 0 Å². The molecule has 3 aromatic rings. The number of hydrogen-bond donors (Lipinski definition) is 0. The Bertz CT molecular complexity index is 916. The minimum absolute atomic E-state index is 1.04. The molecule has 0 amide bonds. The Morgan fingerprint density at radius 1 is 1.08 bits per heavy atom. The first kappa shape index (κ1) is 15.2. The van der Waals surface area contributed by atoms with E-state index in [1.807, 2.05) is 0 Å². The molecule has 0 unspecified atom stereocenters. The molecule has 2 heterocycles. The van der Waals surface area contributed by atoms with Gasteiger partial charge in [-0.25, -0.2) is 0 Å². The average Bonchev–Trinajstić information content (AvgIpc) is 2.89.